The largest absolute Gasteiger partial charge is 0.494 e. The molecule has 0 unspecified atom stereocenters. The van der Waals surface area contributed by atoms with Crippen molar-refractivity contribution in [2.45, 2.75) is 52.4 Å². The van der Waals surface area contributed by atoms with Crippen LogP contribution >= 0.6 is 0 Å². The lowest BCUT2D eigenvalue weighted by atomic mass is 10.0. The normalized spacial score (nSPS) is 12.7. The molecule has 0 N–H and O–H groups in total. The van der Waals surface area contributed by atoms with Crippen LogP contribution in [0.3, 0.4) is 0 Å². The van der Waals surface area contributed by atoms with Crippen LogP contribution in [-0.2, 0) is 19.0 Å². The Hall–Kier alpha value is -4.33. The first-order chi connectivity index (χ1) is 19.4. The summed E-state index contributed by atoms with van der Waals surface area (Å²) in [5, 5.41) is 0. The average Bonchev–Trinajstić information content (AvgIpc) is 2.96. The average molecular weight is 549 g/mol. The van der Waals surface area contributed by atoms with E-state index in [0.29, 0.717) is 73.9 Å². The van der Waals surface area contributed by atoms with Crippen molar-refractivity contribution in [2.24, 2.45) is 0 Å². The summed E-state index contributed by atoms with van der Waals surface area (Å²) in [5.41, 5.74) is 1.56. The van der Waals surface area contributed by atoms with Crippen LogP contribution in [0.5, 0.6) is 11.5 Å². The number of allylic oxidation sites excluding steroid dienone is 4. The van der Waals surface area contributed by atoms with Crippen molar-refractivity contribution >= 4 is 17.9 Å². The van der Waals surface area contributed by atoms with Crippen molar-refractivity contribution in [1.82, 2.24) is 0 Å². The summed E-state index contributed by atoms with van der Waals surface area (Å²) in [5.74, 6) is 1.05. The number of unbranched alkanes of at least 4 members (excludes halogenated alkanes) is 2. The van der Waals surface area contributed by atoms with Gasteiger partial charge < -0.3 is 23.7 Å². The summed E-state index contributed by atoms with van der Waals surface area (Å²) >= 11 is 0. The maximum absolute atomic E-state index is 12.6. The minimum Gasteiger partial charge on any atom is -0.494 e. The van der Waals surface area contributed by atoms with Crippen LogP contribution in [0.1, 0.15) is 73.1 Å². The number of hydrogen-bond donors (Lipinski definition) is 0. The van der Waals surface area contributed by atoms with Gasteiger partial charge in [0.15, 0.2) is 0 Å². The lowest BCUT2D eigenvalue weighted by Crippen LogP contribution is -2.12. The predicted octanol–water partition coefficient (Wildman–Crippen LogP) is 6.72. The Morgan fingerprint density at radius 1 is 0.775 bits per heavy atom. The van der Waals surface area contributed by atoms with Gasteiger partial charge in [-0.2, -0.15) is 0 Å². The van der Waals surface area contributed by atoms with Gasteiger partial charge in [0.1, 0.15) is 23.0 Å². The lowest BCUT2D eigenvalue weighted by molar-refractivity contribution is -0.137. The zero-order valence-electron chi connectivity index (χ0n) is 23.1. The molecule has 0 aliphatic heterocycles. The van der Waals surface area contributed by atoms with Crippen molar-refractivity contribution in [3.05, 3.63) is 95.5 Å². The van der Waals surface area contributed by atoms with E-state index in [1.165, 1.54) is 0 Å². The van der Waals surface area contributed by atoms with Crippen LogP contribution < -0.4 is 9.47 Å². The van der Waals surface area contributed by atoms with E-state index in [1.54, 1.807) is 54.6 Å². The molecule has 212 valence electrons. The van der Waals surface area contributed by atoms with E-state index in [9.17, 15) is 14.4 Å². The molecule has 0 heterocycles. The van der Waals surface area contributed by atoms with Crippen LogP contribution in [0.2, 0.25) is 0 Å². The highest BCUT2D eigenvalue weighted by molar-refractivity contribution is 5.91. The van der Waals surface area contributed by atoms with Crippen molar-refractivity contribution in [2.75, 3.05) is 19.8 Å². The summed E-state index contributed by atoms with van der Waals surface area (Å²) in [6, 6.07) is 13.6. The molecule has 0 atom stereocenters. The number of ether oxygens (including phenoxy) is 5. The molecular formula is C32H36O8. The molecule has 0 amide bonds. The number of benzene rings is 2. The van der Waals surface area contributed by atoms with Crippen LogP contribution in [-0.4, -0.2) is 37.7 Å². The minimum absolute atomic E-state index is 0.316. The van der Waals surface area contributed by atoms with Crippen LogP contribution in [0, 0.1) is 0 Å². The number of rotatable bonds is 15. The van der Waals surface area contributed by atoms with Crippen LogP contribution in [0.15, 0.2) is 84.4 Å². The molecule has 1 aliphatic rings. The Balaban J connectivity index is 1.45. The van der Waals surface area contributed by atoms with E-state index in [1.807, 2.05) is 6.92 Å². The molecule has 0 saturated heterocycles. The molecule has 40 heavy (non-hydrogen) atoms. The Labute approximate surface area is 235 Å². The Bertz CT molecular complexity index is 1220. The zero-order chi connectivity index (χ0) is 28.7. The fraction of sp³-hybridized carbons (Fsp3) is 0.344. The van der Waals surface area contributed by atoms with Crippen molar-refractivity contribution in [3.8, 4) is 11.5 Å². The molecular weight excluding hydrogens is 512 g/mol. The van der Waals surface area contributed by atoms with Crippen molar-refractivity contribution < 1.29 is 38.1 Å². The SMILES string of the molecule is C=CC(=O)OCCCCOc1ccc(C(=O)OC2=CC(C)=C(OC(=O)c3ccc(OCCCC)cc3)CC2)cc1. The number of carbonyl (C=O) groups is 3. The second kappa shape index (κ2) is 15.9. The van der Waals surface area contributed by atoms with E-state index >= 15 is 0 Å². The second-order valence-corrected chi connectivity index (χ2v) is 9.17. The van der Waals surface area contributed by atoms with Gasteiger partial charge >= 0.3 is 17.9 Å². The summed E-state index contributed by atoms with van der Waals surface area (Å²) in [6.07, 6.45) is 7.14. The van der Waals surface area contributed by atoms with Gasteiger partial charge in [-0.3, -0.25) is 0 Å². The third kappa shape index (κ3) is 9.76. The standard InChI is InChI=1S/C32H36O8/c1-4-6-19-36-26-15-11-25(12-16-26)32(35)40-29-18-17-28(22-23(29)3)39-31(34)24-9-13-27(14-10-24)37-20-7-8-21-38-30(33)5-2/h5,9-16,22H,2,4,6-8,17-21H2,1,3H3. The highest BCUT2D eigenvalue weighted by atomic mass is 16.5. The van der Waals surface area contributed by atoms with Crippen LogP contribution in [0.25, 0.3) is 0 Å². The van der Waals surface area contributed by atoms with Gasteiger partial charge in [0.2, 0.25) is 0 Å². The molecule has 2 aromatic carbocycles. The predicted molar refractivity (Wildman–Crippen MR) is 150 cm³/mol. The fourth-order valence-corrected chi connectivity index (χ4v) is 3.72. The fourth-order valence-electron chi connectivity index (χ4n) is 3.72. The second-order valence-electron chi connectivity index (χ2n) is 9.17. The van der Waals surface area contributed by atoms with Crippen LogP contribution in [0.4, 0.5) is 0 Å². The quantitative estimate of drug-likeness (QED) is 0.105. The van der Waals surface area contributed by atoms with Gasteiger partial charge in [0.25, 0.3) is 0 Å². The third-order valence-corrected chi connectivity index (χ3v) is 6.02. The van der Waals surface area contributed by atoms with E-state index < -0.39 is 17.9 Å². The summed E-state index contributed by atoms with van der Waals surface area (Å²) in [4.78, 5) is 36.2. The summed E-state index contributed by atoms with van der Waals surface area (Å²) in [6.45, 7) is 8.68. The van der Waals surface area contributed by atoms with Gasteiger partial charge in [-0.1, -0.05) is 19.9 Å². The minimum atomic E-state index is -0.476. The van der Waals surface area contributed by atoms with E-state index in [0.717, 1.165) is 30.2 Å². The molecule has 0 bridgehead atoms. The number of esters is 3. The van der Waals surface area contributed by atoms with Gasteiger partial charge in [-0.05, 0) is 86.4 Å². The van der Waals surface area contributed by atoms with E-state index in [2.05, 4.69) is 13.5 Å². The molecule has 2 aromatic rings. The summed E-state index contributed by atoms with van der Waals surface area (Å²) in [7, 11) is 0. The molecule has 0 fully saturated rings. The Morgan fingerprint density at radius 3 is 1.88 bits per heavy atom. The topological polar surface area (TPSA) is 97.4 Å². The van der Waals surface area contributed by atoms with Crippen molar-refractivity contribution in [3.63, 3.8) is 0 Å². The smallest absolute Gasteiger partial charge is 0.343 e. The highest BCUT2D eigenvalue weighted by Crippen LogP contribution is 2.27. The van der Waals surface area contributed by atoms with Gasteiger partial charge in [-0.25, -0.2) is 14.4 Å². The molecule has 8 heteroatoms. The number of carbonyl (C=O) groups excluding carboxylic acids is 3. The monoisotopic (exact) mass is 548 g/mol. The van der Waals surface area contributed by atoms with Gasteiger partial charge in [0.05, 0.1) is 30.9 Å². The molecule has 3 rings (SSSR count). The molecule has 0 saturated carbocycles. The zero-order valence-corrected chi connectivity index (χ0v) is 23.1. The first-order valence-corrected chi connectivity index (χ1v) is 13.5. The van der Waals surface area contributed by atoms with Gasteiger partial charge in [-0.15, -0.1) is 0 Å². The molecule has 0 radical (unpaired) electrons. The number of hydrogen-bond acceptors (Lipinski definition) is 8. The Kier molecular flexibility index (Phi) is 12.0. The maximum Gasteiger partial charge on any atom is 0.343 e. The summed E-state index contributed by atoms with van der Waals surface area (Å²) < 4.78 is 27.4. The molecule has 0 aromatic heterocycles. The lowest BCUT2D eigenvalue weighted by Gasteiger charge is -2.18. The first kappa shape index (κ1) is 30.2. The first-order valence-electron chi connectivity index (χ1n) is 13.5. The van der Waals surface area contributed by atoms with Crippen molar-refractivity contribution in [1.29, 1.82) is 0 Å². The molecule has 1 aliphatic carbocycles. The Morgan fingerprint density at radius 2 is 1.32 bits per heavy atom. The molecule has 0 spiro atoms. The molecule has 8 nitrogen and oxygen atoms in total. The third-order valence-electron chi connectivity index (χ3n) is 6.02. The van der Waals surface area contributed by atoms with Gasteiger partial charge in [0, 0.05) is 18.9 Å². The highest BCUT2D eigenvalue weighted by Gasteiger charge is 2.20. The van der Waals surface area contributed by atoms with E-state index in [-0.39, 0.29) is 0 Å². The van der Waals surface area contributed by atoms with E-state index in [4.69, 9.17) is 23.7 Å². The maximum atomic E-state index is 12.6.